The van der Waals surface area contributed by atoms with Crippen molar-refractivity contribution in [3.8, 4) is 11.8 Å². The number of rotatable bonds is 4. The van der Waals surface area contributed by atoms with Gasteiger partial charge in [-0.15, -0.1) is 0 Å². The summed E-state index contributed by atoms with van der Waals surface area (Å²) in [5.74, 6) is 0.0672. The Bertz CT molecular complexity index is 647. The zero-order valence-electron chi connectivity index (χ0n) is 11.1. The SMILES string of the molecule is C[C@H](N)c1ccc(OCc2cccc(C#N)c2)cc1F. The predicted octanol–water partition coefficient (Wildman–Crippen LogP) is 3.30. The quantitative estimate of drug-likeness (QED) is 0.927. The molecule has 0 radical (unpaired) electrons. The van der Waals surface area contributed by atoms with Crippen LogP contribution >= 0.6 is 0 Å². The fourth-order valence-corrected chi connectivity index (χ4v) is 1.86. The van der Waals surface area contributed by atoms with Gasteiger partial charge in [0.05, 0.1) is 11.6 Å². The highest BCUT2D eigenvalue weighted by Gasteiger charge is 2.08. The monoisotopic (exact) mass is 270 g/mol. The number of nitrogens with two attached hydrogens (primary N) is 1. The van der Waals surface area contributed by atoms with Crippen molar-refractivity contribution in [1.29, 1.82) is 5.26 Å². The molecule has 0 aliphatic rings. The smallest absolute Gasteiger partial charge is 0.131 e. The highest BCUT2D eigenvalue weighted by molar-refractivity contribution is 5.34. The second-order valence-electron chi connectivity index (χ2n) is 4.57. The maximum Gasteiger partial charge on any atom is 0.131 e. The third-order valence-electron chi connectivity index (χ3n) is 2.92. The maximum absolute atomic E-state index is 13.7. The van der Waals surface area contributed by atoms with Crippen LogP contribution in [0.4, 0.5) is 4.39 Å². The van der Waals surface area contributed by atoms with Gasteiger partial charge in [0.25, 0.3) is 0 Å². The Balaban J connectivity index is 2.07. The first-order valence-corrected chi connectivity index (χ1v) is 6.27. The van der Waals surface area contributed by atoms with E-state index in [9.17, 15) is 4.39 Å². The van der Waals surface area contributed by atoms with Gasteiger partial charge in [-0.1, -0.05) is 18.2 Å². The zero-order valence-corrected chi connectivity index (χ0v) is 11.1. The van der Waals surface area contributed by atoms with Crippen LogP contribution in [0.1, 0.15) is 29.7 Å². The number of benzene rings is 2. The van der Waals surface area contributed by atoms with Crippen molar-refractivity contribution >= 4 is 0 Å². The Morgan fingerprint density at radius 3 is 2.75 bits per heavy atom. The van der Waals surface area contributed by atoms with E-state index in [0.29, 0.717) is 16.9 Å². The third kappa shape index (κ3) is 3.34. The Morgan fingerprint density at radius 1 is 1.30 bits per heavy atom. The van der Waals surface area contributed by atoms with Gasteiger partial charge in [0.15, 0.2) is 0 Å². The van der Waals surface area contributed by atoms with Crippen molar-refractivity contribution in [1.82, 2.24) is 0 Å². The van der Waals surface area contributed by atoms with Crippen LogP contribution in [0, 0.1) is 17.1 Å². The van der Waals surface area contributed by atoms with E-state index in [4.69, 9.17) is 15.7 Å². The lowest BCUT2D eigenvalue weighted by Gasteiger charge is -2.10. The van der Waals surface area contributed by atoms with Crippen LogP contribution in [0.15, 0.2) is 42.5 Å². The van der Waals surface area contributed by atoms with Crippen LogP contribution in [0.5, 0.6) is 5.75 Å². The molecule has 4 heteroatoms. The molecule has 2 N–H and O–H groups in total. The molecule has 2 aromatic rings. The normalized spacial score (nSPS) is 11.7. The molecule has 2 aromatic carbocycles. The van der Waals surface area contributed by atoms with E-state index in [-0.39, 0.29) is 18.5 Å². The van der Waals surface area contributed by atoms with E-state index in [2.05, 4.69) is 6.07 Å². The molecule has 0 fully saturated rings. The van der Waals surface area contributed by atoms with Gasteiger partial charge >= 0.3 is 0 Å². The molecule has 0 unspecified atom stereocenters. The van der Waals surface area contributed by atoms with Crippen molar-refractivity contribution in [3.63, 3.8) is 0 Å². The molecule has 3 nitrogen and oxygen atoms in total. The van der Waals surface area contributed by atoms with Gasteiger partial charge in [0.1, 0.15) is 18.2 Å². The molecular formula is C16H15FN2O. The minimum absolute atomic E-state index is 0.284. The van der Waals surface area contributed by atoms with E-state index in [1.807, 2.05) is 6.07 Å². The summed E-state index contributed by atoms with van der Waals surface area (Å²) in [7, 11) is 0. The zero-order chi connectivity index (χ0) is 14.5. The molecule has 0 saturated heterocycles. The van der Waals surface area contributed by atoms with Crippen LogP contribution in [0.25, 0.3) is 0 Å². The molecule has 0 heterocycles. The summed E-state index contributed by atoms with van der Waals surface area (Å²) in [5, 5.41) is 8.81. The second kappa shape index (κ2) is 6.18. The Labute approximate surface area is 117 Å². The highest BCUT2D eigenvalue weighted by atomic mass is 19.1. The van der Waals surface area contributed by atoms with Gasteiger partial charge in [0, 0.05) is 17.7 Å². The van der Waals surface area contributed by atoms with Crippen LogP contribution in [-0.2, 0) is 6.61 Å². The first-order valence-electron chi connectivity index (χ1n) is 6.27. The van der Waals surface area contributed by atoms with Crippen molar-refractivity contribution in [3.05, 3.63) is 65.0 Å². The Morgan fingerprint density at radius 2 is 2.10 bits per heavy atom. The van der Waals surface area contributed by atoms with Gasteiger partial charge < -0.3 is 10.5 Å². The summed E-state index contributed by atoms with van der Waals surface area (Å²) in [5.41, 5.74) is 7.55. The first kappa shape index (κ1) is 14.0. The topological polar surface area (TPSA) is 59.0 Å². The lowest BCUT2D eigenvalue weighted by molar-refractivity contribution is 0.304. The number of hydrogen-bond donors (Lipinski definition) is 1. The molecule has 0 spiro atoms. The lowest BCUT2D eigenvalue weighted by Crippen LogP contribution is -2.07. The summed E-state index contributed by atoms with van der Waals surface area (Å²) in [6, 6.07) is 13.5. The van der Waals surface area contributed by atoms with E-state index in [1.54, 1.807) is 37.3 Å². The summed E-state index contributed by atoms with van der Waals surface area (Å²) in [4.78, 5) is 0. The summed E-state index contributed by atoms with van der Waals surface area (Å²) < 4.78 is 19.3. The number of nitrogens with zero attached hydrogens (tertiary/aromatic N) is 1. The molecule has 0 aliphatic heterocycles. The minimum Gasteiger partial charge on any atom is -0.489 e. The third-order valence-corrected chi connectivity index (χ3v) is 2.92. The van der Waals surface area contributed by atoms with Gasteiger partial charge in [0.2, 0.25) is 0 Å². The van der Waals surface area contributed by atoms with E-state index < -0.39 is 0 Å². The molecule has 0 aromatic heterocycles. The molecule has 2 rings (SSSR count). The molecule has 1 atom stereocenters. The summed E-state index contributed by atoms with van der Waals surface area (Å²) in [6.45, 7) is 2.01. The van der Waals surface area contributed by atoms with Crippen LogP contribution in [0.3, 0.4) is 0 Å². The lowest BCUT2D eigenvalue weighted by atomic mass is 10.1. The predicted molar refractivity (Wildman–Crippen MR) is 74.5 cm³/mol. The summed E-state index contributed by atoms with van der Waals surface area (Å²) in [6.07, 6.45) is 0. The number of hydrogen-bond acceptors (Lipinski definition) is 3. The standard InChI is InChI=1S/C16H15FN2O/c1-11(19)15-6-5-14(8-16(15)17)20-10-13-4-2-3-12(7-13)9-18/h2-8,11H,10,19H2,1H3/t11-/m0/s1. The number of halogens is 1. The van der Waals surface area contributed by atoms with Crippen LogP contribution < -0.4 is 10.5 Å². The van der Waals surface area contributed by atoms with E-state index in [0.717, 1.165) is 5.56 Å². The maximum atomic E-state index is 13.7. The van der Waals surface area contributed by atoms with Gasteiger partial charge in [-0.3, -0.25) is 0 Å². The van der Waals surface area contributed by atoms with Gasteiger partial charge in [-0.2, -0.15) is 5.26 Å². The molecule has 0 aliphatic carbocycles. The van der Waals surface area contributed by atoms with Crippen molar-refractivity contribution in [2.24, 2.45) is 5.73 Å². The van der Waals surface area contributed by atoms with Crippen LogP contribution in [0.2, 0.25) is 0 Å². The molecule has 0 amide bonds. The fraction of sp³-hybridized carbons (Fsp3) is 0.188. The average molecular weight is 270 g/mol. The Kier molecular flexibility index (Phi) is 4.34. The largest absolute Gasteiger partial charge is 0.489 e. The van der Waals surface area contributed by atoms with Crippen molar-refractivity contribution < 1.29 is 9.13 Å². The van der Waals surface area contributed by atoms with Gasteiger partial charge in [-0.25, -0.2) is 4.39 Å². The fourth-order valence-electron chi connectivity index (χ4n) is 1.86. The Hall–Kier alpha value is -2.38. The number of ether oxygens (including phenoxy) is 1. The second-order valence-corrected chi connectivity index (χ2v) is 4.57. The molecular weight excluding hydrogens is 255 g/mol. The highest BCUT2D eigenvalue weighted by Crippen LogP contribution is 2.21. The van der Waals surface area contributed by atoms with Crippen LogP contribution in [-0.4, -0.2) is 0 Å². The van der Waals surface area contributed by atoms with Crippen molar-refractivity contribution in [2.45, 2.75) is 19.6 Å². The van der Waals surface area contributed by atoms with E-state index in [1.165, 1.54) is 6.07 Å². The molecule has 102 valence electrons. The van der Waals surface area contributed by atoms with Gasteiger partial charge in [-0.05, 0) is 30.7 Å². The minimum atomic E-state index is -0.372. The van der Waals surface area contributed by atoms with Crippen molar-refractivity contribution in [2.75, 3.05) is 0 Å². The number of nitriles is 1. The average Bonchev–Trinajstić information content (AvgIpc) is 2.45. The van der Waals surface area contributed by atoms with E-state index >= 15 is 0 Å². The first-order chi connectivity index (χ1) is 9.60. The molecule has 0 saturated carbocycles. The molecule has 20 heavy (non-hydrogen) atoms. The molecule has 0 bridgehead atoms. The summed E-state index contributed by atoms with van der Waals surface area (Å²) >= 11 is 0.